The number of aromatic nitrogens is 2. The number of aryl methyl sites for hydroxylation is 1. The van der Waals surface area contributed by atoms with Crippen molar-refractivity contribution in [1.82, 2.24) is 19.8 Å². The first-order valence-electron chi connectivity index (χ1n) is 14.6. The number of hydrogen-bond acceptors (Lipinski definition) is 11. The average molecular weight is 609 g/mol. The first-order chi connectivity index (χ1) is 20.5. The summed E-state index contributed by atoms with van der Waals surface area (Å²) < 4.78 is 18.9. The molecule has 2 aliphatic rings. The van der Waals surface area contributed by atoms with Crippen LogP contribution in [0.2, 0.25) is 0 Å². The number of likely N-dealkylation sites (N-methyl/N-ethyl adjacent to an activating group) is 1. The minimum absolute atomic E-state index is 0.0337. The van der Waals surface area contributed by atoms with Gasteiger partial charge in [-0.15, -0.1) is 0 Å². The van der Waals surface area contributed by atoms with E-state index < -0.39 is 12.1 Å². The predicted octanol–water partition coefficient (Wildman–Crippen LogP) is 4.62. The third kappa shape index (κ3) is 7.15. The van der Waals surface area contributed by atoms with Crippen LogP contribution in [0.5, 0.6) is 0 Å². The van der Waals surface area contributed by atoms with E-state index in [9.17, 15) is 14.7 Å². The minimum atomic E-state index is -2.55. The molecule has 2 aliphatic heterocycles. The van der Waals surface area contributed by atoms with Crippen molar-refractivity contribution in [3.8, 4) is 0 Å². The van der Waals surface area contributed by atoms with Crippen LogP contribution >= 0.6 is 7.14 Å². The van der Waals surface area contributed by atoms with Gasteiger partial charge in [-0.05, 0) is 51.9 Å². The molecular formula is C30H41N8O4P. The molecule has 0 bridgehead atoms. The number of hydrogen-bond donors (Lipinski definition) is 2. The molecule has 0 aliphatic carbocycles. The fourth-order valence-corrected chi connectivity index (χ4v) is 7.00. The number of ether oxygens (including phenoxy) is 1. The first-order valence-corrected chi connectivity index (χ1v) is 17.2. The number of para-hydroxylation sites is 1. The Balaban J connectivity index is 1.42. The molecule has 230 valence electrons. The Kier molecular flexibility index (Phi) is 9.31. The second-order valence-electron chi connectivity index (χ2n) is 11.7. The molecule has 3 heterocycles. The Labute approximate surface area is 253 Å². The van der Waals surface area contributed by atoms with Gasteiger partial charge in [-0.1, -0.05) is 12.1 Å². The van der Waals surface area contributed by atoms with Crippen LogP contribution in [0, 0.1) is 17.0 Å². The Hall–Kier alpha value is -3.57. The summed E-state index contributed by atoms with van der Waals surface area (Å²) in [4.78, 5) is 27.6. The van der Waals surface area contributed by atoms with Gasteiger partial charge in [0.2, 0.25) is 5.95 Å². The summed E-state index contributed by atoms with van der Waals surface area (Å²) in [7, 11) is 1.33. The maximum absolute atomic E-state index is 12.9. The van der Waals surface area contributed by atoms with Crippen molar-refractivity contribution in [2.75, 3.05) is 75.7 Å². The quantitative estimate of drug-likeness (QED) is 0.201. The third-order valence-corrected chi connectivity index (χ3v) is 9.86. The van der Waals surface area contributed by atoms with Crippen LogP contribution in [0.25, 0.3) is 0 Å². The smallest absolute Gasteiger partial charge is 0.271 e. The van der Waals surface area contributed by atoms with Crippen molar-refractivity contribution in [3.63, 3.8) is 0 Å². The van der Waals surface area contributed by atoms with Crippen LogP contribution in [0.3, 0.4) is 0 Å². The lowest BCUT2D eigenvalue weighted by Crippen LogP contribution is -2.55. The van der Waals surface area contributed by atoms with E-state index in [4.69, 9.17) is 9.72 Å². The Morgan fingerprint density at radius 2 is 1.79 bits per heavy atom. The average Bonchev–Trinajstić information content (AvgIpc) is 2.98. The third-order valence-electron chi connectivity index (χ3n) is 8.31. The number of nitrogens with zero attached hydrogens (tertiary/aromatic N) is 6. The van der Waals surface area contributed by atoms with Crippen LogP contribution in [0.4, 0.5) is 34.5 Å². The minimum Gasteiger partial charge on any atom is -0.362 e. The van der Waals surface area contributed by atoms with Gasteiger partial charge < -0.3 is 29.7 Å². The van der Waals surface area contributed by atoms with E-state index in [0.29, 0.717) is 23.2 Å². The molecule has 0 amide bonds. The first kappa shape index (κ1) is 30.9. The van der Waals surface area contributed by atoms with Crippen molar-refractivity contribution in [1.29, 1.82) is 0 Å². The summed E-state index contributed by atoms with van der Waals surface area (Å²) in [5, 5.41) is 19.0. The van der Waals surface area contributed by atoms with E-state index in [2.05, 4.69) is 37.4 Å². The molecule has 2 aromatic carbocycles. The molecule has 0 saturated carbocycles. The Morgan fingerprint density at radius 3 is 2.49 bits per heavy atom. The van der Waals surface area contributed by atoms with Crippen molar-refractivity contribution >= 4 is 47.0 Å². The maximum atomic E-state index is 12.9. The Morgan fingerprint density at radius 1 is 1.05 bits per heavy atom. The highest BCUT2D eigenvalue weighted by atomic mass is 31.2. The molecule has 0 spiro atoms. The summed E-state index contributed by atoms with van der Waals surface area (Å²) >= 11 is 0. The summed E-state index contributed by atoms with van der Waals surface area (Å²) in [6.45, 7) is 10.3. The number of methoxy groups -OCH3 is 1. The molecule has 12 nitrogen and oxygen atoms in total. The van der Waals surface area contributed by atoms with Crippen LogP contribution in [-0.2, 0) is 9.30 Å². The number of benzene rings is 2. The second kappa shape index (κ2) is 13.0. The van der Waals surface area contributed by atoms with Crippen molar-refractivity contribution < 1.29 is 14.2 Å². The molecule has 2 N–H and O–H groups in total. The Bertz CT molecular complexity index is 1510. The topological polar surface area (TPSA) is 129 Å². The van der Waals surface area contributed by atoms with Crippen LogP contribution in [0.1, 0.15) is 18.4 Å². The van der Waals surface area contributed by atoms with Crippen molar-refractivity contribution in [3.05, 3.63) is 64.3 Å². The molecule has 13 heteroatoms. The van der Waals surface area contributed by atoms with Crippen LogP contribution in [-0.4, -0.2) is 97.2 Å². The molecular weight excluding hydrogens is 567 g/mol. The summed E-state index contributed by atoms with van der Waals surface area (Å²) in [5.41, 5.74) is 2.79. The lowest BCUT2D eigenvalue weighted by Gasteiger charge is -2.46. The number of piperazine rings is 1. The number of piperidine rings is 1. The molecule has 1 aromatic heterocycles. The largest absolute Gasteiger partial charge is 0.362 e. The molecule has 0 radical (unpaired) electrons. The van der Waals surface area contributed by atoms with Gasteiger partial charge in [-0.2, -0.15) is 4.98 Å². The number of anilines is 5. The van der Waals surface area contributed by atoms with Gasteiger partial charge in [0.05, 0.1) is 22.0 Å². The van der Waals surface area contributed by atoms with Crippen molar-refractivity contribution in [2.24, 2.45) is 0 Å². The van der Waals surface area contributed by atoms with E-state index in [-0.39, 0.29) is 17.9 Å². The van der Waals surface area contributed by atoms with Gasteiger partial charge in [-0.25, -0.2) is 4.98 Å². The van der Waals surface area contributed by atoms with Gasteiger partial charge in [0.1, 0.15) is 19.2 Å². The molecule has 2 fully saturated rings. The summed E-state index contributed by atoms with van der Waals surface area (Å²) in [5.74, 6) is 0.831. The summed E-state index contributed by atoms with van der Waals surface area (Å²) in [6.07, 6.45) is 3.30. The van der Waals surface area contributed by atoms with Gasteiger partial charge in [0.25, 0.3) is 5.69 Å². The van der Waals surface area contributed by atoms with Crippen LogP contribution < -0.4 is 20.8 Å². The van der Waals surface area contributed by atoms with E-state index >= 15 is 0 Å². The van der Waals surface area contributed by atoms with Gasteiger partial charge in [-0.3, -0.25) is 15.0 Å². The van der Waals surface area contributed by atoms with E-state index in [1.165, 1.54) is 12.1 Å². The van der Waals surface area contributed by atoms with E-state index in [1.807, 2.05) is 31.2 Å². The standard InChI is InChI=1S/C30H41N8O4P/c1-21-20-31-30(34-29(21)32-24-8-6-7-9-27(24)43(4,5)41)33-25-18-23(38(39)40)10-11-26(25)37-13-12-22(19-28(37)42-3)36-16-14-35(2)15-17-36/h6-11,18,20,22,28H,12-17,19H2,1-5H3,(H2,31,32,33,34). The van der Waals surface area contributed by atoms with E-state index in [1.54, 1.807) is 32.7 Å². The lowest BCUT2D eigenvalue weighted by molar-refractivity contribution is -0.384. The fourth-order valence-electron chi connectivity index (χ4n) is 5.84. The number of nitro groups is 1. The highest BCUT2D eigenvalue weighted by Crippen LogP contribution is 2.39. The predicted molar refractivity (Wildman–Crippen MR) is 172 cm³/mol. The number of nitro benzene ring substituents is 1. The maximum Gasteiger partial charge on any atom is 0.271 e. The zero-order valence-corrected chi connectivity index (χ0v) is 26.4. The lowest BCUT2D eigenvalue weighted by atomic mass is 9.99. The summed E-state index contributed by atoms with van der Waals surface area (Å²) in [6, 6.07) is 12.7. The number of non-ortho nitro benzene ring substituents is 1. The molecule has 2 unspecified atom stereocenters. The molecule has 2 atom stereocenters. The highest BCUT2D eigenvalue weighted by molar-refractivity contribution is 7.70. The van der Waals surface area contributed by atoms with Gasteiger partial charge in [0.15, 0.2) is 0 Å². The molecule has 5 rings (SSSR count). The molecule has 3 aromatic rings. The van der Waals surface area contributed by atoms with Crippen LogP contribution in [0.15, 0.2) is 48.7 Å². The zero-order chi connectivity index (χ0) is 30.7. The van der Waals surface area contributed by atoms with Gasteiger partial charge >= 0.3 is 0 Å². The van der Waals surface area contributed by atoms with Crippen molar-refractivity contribution in [2.45, 2.75) is 32.0 Å². The zero-order valence-electron chi connectivity index (χ0n) is 25.5. The molecule has 43 heavy (non-hydrogen) atoms. The SMILES string of the molecule is COC1CC(N2CCN(C)CC2)CCN1c1ccc([N+](=O)[O-])cc1Nc1ncc(C)c(Nc2ccccc2P(C)(C)=O)n1. The fraction of sp³-hybridized carbons (Fsp3) is 0.467. The van der Waals surface area contributed by atoms with E-state index in [0.717, 1.165) is 62.1 Å². The monoisotopic (exact) mass is 608 g/mol. The highest BCUT2D eigenvalue weighted by Gasteiger charge is 2.34. The molecule has 2 saturated heterocycles. The van der Waals surface area contributed by atoms with Gasteiger partial charge in [0, 0.05) is 81.5 Å². The number of rotatable bonds is 9. The normalized spacial score (nSPS) is 20.2. The number of nitrogens with one attached hydrogen (secondary N) is 2. The second-order valence-corrected chi connectivity index (χ2v) is 14.9.